The molecule has 0 radical (unpaired) electrons. The van der Waals surface area contributed by atoms with Crippen molar-refractivity contribution in [3.05, 3.63) is 53.6 Å². The molecule has 1 aliphatic carbocycles. The molecule has 8 nitrogen and oxygen atoms in total. The number of fused-ring (bicyclic) bond motifs is 1. The fourth-order valence-electron chi connectivity index (χ4n) is 5.07. The number of nitrogens with one attached hydrogen (secondary N) is 1. The fraction of sp³-hybridized carbons (Fsp3) is 0.481. The monoisotopic (exact) mass is 532 g/mol. The van der Waals surface area contributed by atoms with Crippen molar-refractivity contribution in [2.45, 2.75) is 44.0 Å². The molecule has 38 heavy (non-hydrogen) atoms. The number of carbonyl (C=O) groups is 1. The van der Waals surface area contributed by atoms with Gasteiger partial charge in [0.25, 0.3) is 5.91 Å². The van der Waals surface area contributed by atoms with Gasteiger partial charge in [0, 0.05) is 37.3 Å². The Hall–Kier alpha value is -3.15. The van der Waals surface area contributed by atoms with Crippen LogP contribution < -0.4 is 10.1 Å². The van der Waals surface area contributed by atoms with Gasteiger partial charge in [0.05, 0.1) is 35.9 Å². The molecule has 0 unspecified atom stereocenters. The zero-order chi connectivity index (χ0) is 26.7. The van der Waals surface area contributed by atoms with Gasteiger partial charge in [-0.25, -0.2) is 4.98 Å². The van der Waals surface area contributed by atoms with Crippen molar-refractivity contribution >= 4 is 22.9 Å². The molecule has 1 aromatic heterocycles. The summed E-state index contributed by atoms with van der Waals surface area (Å²) in [7, 11) is 0. The second kappa shape index (κ2) is 11.3. The van der Waals surface area contributed by atoms with Crippen LogP contribution in [0.15, 0.2) is 42.5 Å². The number of aromatic nitrogens is 2. The Labute approximate surface area is 218 Å². The third-order valence-electron chi connectivity index (χ3n) is 7.15. The highest BCUT2D eigenvalue weighted by molar-refractivity contribution is 6.04. The van der Waals surface area contributed by atoms with Gasteiger partial charge in [-0.2, -0.15) is 13.2 Å². The van der Waals surface area contributed by atoms with E-state index in [4.69, 9.17) is 9.47 Å². The van der Waals surface area contributed by atoms with E-state index in [9.17, 15) is 23.1 Å². The SMILES string of the molecule is O=C(Nc1nc2cc(OCCN3CCOCC3)ccc2n1[C@H]1CC[C@H](O)CC1)c1cccc(C(F)(F)F)c1. The van der Waals surface area contributed by atoms with Gasteiger partial charge in [-0.15, -0.1) is 0 Å². The summed E-state index contributed by atoms with van der Waals surface area (Å²) in [6.45, 7) is 4.47. The van der Waals surface area contributed by atoms with Gasteiger partial charge >= 0.3 is 6.18 Å². The normalized spacial score (nSPS) is 20.9. The average Bonchev–Trinajstić information content (AvgIpc) is 3.26. The quantitative estimate of drug-likeness (QED) is 0.466. The Kier molecular flexibility index (Phi) is 7.87. The second-order valence-electron chi connectivity index (χ2n) is 9.75. The van der Waals surface area contributed by atoms with Crippen molar-refractivity contribution in [2.24, 2.45) is 0 Å². The number of nitrogens with zero attached hydrogens (tertiary/aromatic N) is 3. The average molecular weight is 533 g/mol. The summed E-state index contributed by atoms with van der Waals surface area (Å²) in [4.78, 5) is 19.9. The topological polar surface area (TPSA) is 88.9 Å². The van der Waals surface area contributed by atoms with Crippen LogP contribution in [-0.4, -0.2) is 71.0 Å². The number of amides is 1. The number of morpholine rings is 1. The summed E-state index contributed by atoms with van der Waals surface area (Å²) in [6, 6.07) is 9.85. The molecular weight excluding hydrogens is 501 g/mol. The van der Waals surface area contributed by atoms with E-state index in [0.717, 1.165) is 50.5 Å². The smallest absolute Gasteiger partial charge is 0.416 e. The van der Waals surface area contributed by atoms with E-state index in [2.05, 4.69) is 15.2 Å². The van der Waals surface area contributed by atoms with E-state index in [1.54, 1.807) is 0 Å². The molecule has 1 saturated carbocycles. The van der Waals surface area contributed by atoms with E-state index in [1.807, 2.05) is 22.8 Å². The first-order chi connectivity index (χ1) is 18.3. The molecule has 1 amide bonds. The number of alkyl halides is 3. The van der Waals surface area contributed by atoms with Crippen molar-refractivity contribution < 1.29 is 32.5 Å². The summed E-state index contributed by atoms with van der Waals surface area (Å²) >= 11 is 0. The van der Waals surface area contributed by atoms with Crippen molar-refractivity contribution in [1.29, 1.82) is 0 Å². The first kappa shape index (κ1) is 26.5. The highest BCUT2D eigenvalue weighted by atomic mass is 19.4. The Bertz CT molecular complexity index is 1260. The Morgan fingerprint density at radius 3 is 2.61 bits per heavy atom. The Balaban J connectivity index is 1.39. The van der Waals surface area contributed by atoms with Crippen LogP contribution in [0.4, 0.5) is 19.1 Å². The summed E-state index contributed by atoms with van der Waals surface area (Å²) in [5.74, 6) is 0.227. The van der Waals surface area contributed by atoms with Gasteiger partial charge in [0.2, 0.25) is 5.95 Å². The maximum atomic E-state index is 13.2. The predicted molar refractivity (Wildman–Crippen MR) is 135 cm³/mol. The van der Waals surface area contributed by atoms with Gasteiger partial charge in [-0.3, -0.25) is 15.0 Å². The number of aliphatic hydroxyl groups excluding tert-OH is 1. The molecule has 0 bridgehead atoms. The second-order valence-corrected chi connectivity index (χ2v) is 9.75. The molecule has 204 valence electrons. The van der Waals surface area contributed by atoms with Crippen LogP contribution in [0.5, 0.6) is 5.75 Å². The fourth-order valence-corrected chi connectivity index (χ4v) is 5.07. The third-order valence-corrected chi connectivity index (χ3v) is 7.15. The Morgan fingerprint density at radius 1 is 1.11 bits per heavy atom. The number of hydrogen-bond donors (Lipinski definition) is 2. The summed E-state index contributed by atoms with van der Waals surface area (Å²) in [6.07, 6.45) is -2.30. The number of carbonyl (C=O) groups excluding carboxylic acids is 1. The molecule has 1 saturated heterocycles. The summed E-state index contributed by atoms with van der Waals surface area (Å²) < 4.78 is 52.8. The largest absolute Gasteiger partial charge is 0.492 e. The van der Waals surface area contributed by atoms with Crippen LogP contribution in [0, 0.1) is 0 Å². The summed E-state index contributed by atoms with van der Waals surface area (Å²) in [5, 5.41) is 12.7. The molecule has 2 N–H and O–H groups in total. The highest BCUT2D eigenvalue weighted by Crippen LogP contribution is 2.36. The van der Waals surface area contributed by atoms with E-state index in [-0.39, 0.29) is 23.7 Å². The van der Waals surface area contributed by atoms with Crippen molar-refractivity contribution in [3.8, 4) is 5.75 Å². The zero-order valence-corrected chi connectivity index (χ0v) is 20.9. The lowest BCUT2D eigenvalue weighted by molar-refractivity contribution is -0.137. The molecule has 1 aliphatic heterocycles. The zero-order valence-electron chi connectivity index (χ0n) is 20.9. The summed E-state index contributed by atoms with van der Waals surface area (Å²) in [5.41, 5.74) is 0.397. The number of hydrogen-bond acceptors (Lipinski definition) is 6. The van der Waals surface area contributed by atoms with E-state index in [1.165, 1.54) is 12.1 Å². The minimum absolute atomic E-state index is 0.0201. The van der Waals surface area contributed by atoms with Crippen LogP contribution >= 0.6 is 0 Å². The van der Waals surface area contributed by atoms with Crippen LogP contribution in [0.2, 0.25) is 0 Å². The molecule has 5 rings (SSSR count). The molecule has 2 fully saturated rings. The van der Waals surface area contributed by atoms with Gasteiger partial charge in [-0.1, -0.05) is 6.07 Å². The number of ether oxygens (including phenoxy) is 2. The van der Waals surface area contributed by atoms with Crippen LogP contribution in [0.25, 0.3) is 11.0 Å². The maximum absolute atomic E-state index is 13.2. The molecule has 2 heterocycles. The van der Waals surface area contributed by atoms with Gasteiger partial charge in [0.15, 0.2) is 0 Å². The van der Waals surface area contributed by atoms with Crippen molar-refractivity contribution in [2.75, 3.05) is 44.8 Å². The first-order valence-corrected chi connectivity index (χ1v) is 12.9. The molecule has 2 aromatic carbocycles. The predicted octanol–water partition coefficient (Wildman–Crippen LogP) is 4.49. The lowest BCUT2D eigenvalue weighted by Crippen LogP contribution is -2.38. The van der Waals surface area contributed by atoms with Crippen molar-refractivity contribution in [3.63, 3.8) is 0 Å². The Morgan fingerprint density at radius 2 is 1.87 bits per heavy atom. The number of imidazole rings is 1. The highest BCUT2D eigenvalue weighted by Gasteiger charge is 2.31. The molecule has 3 aromatic rings. The first-order valence-electron chi connectivity index (χ1n) is 12.9. The molecule has 0 spiro atoms. The molecule has 11 heteroatoms. The number of aliphatic hydroxyl groups is 1. The van der Waals surface area contributed by atoms with E-state index < -0.39 is 17.6 Å². The van der Waals surface area contributed by atoms with E-state index in [0.29, 0.717) is 43.6 Å². The van der Waals surface area contributed by atoms with Gasteiger partial charge in [0.1, 0.15) is 12.4 Å². The lowest BCUT2D eigenvalue weighted by atomic mass is 9.93. The third kappa shape index (κ3) is 6.11. The standard InChI is InChI=1S/C27H31F3N4O4/c28-27(29,30)19-3-1-2-18(16-19)25(36)32-26-31-23-17-22(38-15-12-33-10-13-37-14-11-33)8-9-24(23)34(26)20-4-6-21(35)7-5-20/h1-3,8-9,16-17,20-21,35H,4-7,10-15H2,(H,31,32,36)/t20-,21-. The number of rotatable bonds is 7. The maximum Gasteiger partial charge on any atom is 0.416 e. The van der Waals surface area contributed by atoms with E-state index >= 15 is 0 Å². The van der Waals surface area contributed by atoms with Crippen LogP contribution in [-0.2, 0) is 10.9 Å². The van der Waals surface area contributed by atoms with Crippen LogP contribution in [0.1, 0.15) is 47.6 Å². The molecular formula is C27H31F3N4O4. The number of benzene rings is 2. The molecule has 0 atom stereocenters. The number of anilines is 1. The molecule has 2 aliphatic rings. The lowest BCUT2D eigenvalue weighted by Gasteiger charge is -2.28. The minimum Gasteiger partial charge on any atom is -0.492 e. The van der Waals surface area contributed by atoms with Crippen LogP contribution in [0.3, 0.4) is 0 Å². The van der Waals surface area contributed by atoms with Gasteiger partial charge < -0.3 is 19.1 Å². The van der Waals surface area contributed by atoms with Crippen molar-refractivity contribution in [1.82, 2.24) is 14.5 Å². The van der Waals surface area contributed by atoms with Gasteiger partial charge in [-0.05, 0) is 56.0 Å². The number of halogens is 3. The minimum atomic E-state index is -4.55.